The first kappa shape index (κ1) is 6.03. The number of nitrogens with zero attached hydrogens (tertiary/aromatic N) is 2. The first-order valence-electron chi connectivity index (χ1n) is 3.06. The molecule has 0 aromatic carbocycles. The van der Waals surface area contributed by atoms with E-state index in [-0.39, 0.29) is 0 Å². The molecule has 11 heavy (non-hydrogen) atoms. The van der Waals surface area contributed by atoms with Gasteiger partial charge in [0.05, 0.1) is 11.6 Å². The molecule has 0 saturated heterocycles. The molecule has 2 heterocycles. The van der Waals surface area contributed by atoms with Gasteiger partial charge in [0.15, 0.2) is 17.6 Å². The lowest BCUT2D eigenvalue weighted by Crippen LogP contribution is -1.77. The third-order valence-electron chi connectivity index (χ3n) is 1.41. The molecule has 0 radical (unpaired) electrons. The molecule has 54 valence electrons. The quantitative estimate of drug-likeness (QED) is 0.567. The van der Waals surface area contributed by atoms with Gasteiger partial charge < -0.3 is 4.52 Å². The van der Waals surface area contributed by atoms with Crippen LogP contribution in [-0.2, 0) is 0 Å². The smallest absolute Gasteiger partial charge is 0.185 e. The number of pyridine rings is 1. The molecule has 0 atom stereocenters. The topological polar surface area (TPSA) is 56.0 Å². The molecule has 0 N–H and O–H groups in total. The second-order valence-electron chi connectivity index (χ2n) is 2.06. The molecule has 0 aliphatic carbocycles. The first-order chi connectivity index (χ1) is 5.42. The Hall–Kier alpha value is -1.71. The van der Waals surface area contributed by atoms with Crippen molar-refractivity contribution in [2.45, 2.75) is 0 Å². The molecule has 2 aromatic heterocycles. The number of aromatic nitrogens is 2. The minimum Gasteiger partial charge on any atom is -0.354 e. The fourth-order valence-corrected chi connectivity index (χ4v) is 0.897. The van der Waals surface area contributed by atoms with Gasteiger partial charge in [-0.3, -0.25) is 9.78 Å². The van der Waals surface area contributed by atoms with Gasteiger partial charge in [0.25, 0.3) is 0 Å². The number of hydrogen-bond acceptors (Lipinski definition) is 4. The molecule has 0 aliphatic heterocycles. The Kier molecular flexibility index (Phi) is 1.18. The van der Waals surface area contributed by atoms with Gasteiger partial charge in [0, 0.05) is 6.20 Å². The van der Waals surface area contributed by atoms with Crippen molar-refractivity contribution in [3.63, 3.8) is 0 Å². The minimum absolute atomic E-state index is 0.322. The van der Waals surface area contributed by atoms with Crippen LogP contribution in [0.1, 0.15) is 10.5 Å². The highest BCUT2D eigenvalue weighted by Gasteiger charge is 2.04. The predicted octanol–water partition coefficient (Wildman–Crippen LogP) is 1.04. The Morgan fingerprint density at radius 3 is 3.27 bits per heavy atom. The number of fused-ring (bicyclic) bond motifs is 1. The number of carbonyl (C=O) groups is 1. The number of carbonyl (C=O) groups excluding carboxylic acids is 1. The average molecular weight is 148 g/mol. The predicted molar refractivity (Wildman–Crippen MR) is 37.2 cm³/mol. The number of aldehydes is 1. The molecule has 0 spiro atoms. The second kappa shape index (κ2) is 2.16. The highest BCUT2D eigenvalue weighted by atomic mass is 16.5. The number of hydrogen-bond donors (Lipinski definition) is 0. The van der Waals surface area contributed by atoms with Crippen LogP contribution >= 0.6 is 0 Å². The SMILES string of the molecule is O=Cc1noc2cnccc12. The van der Waals surface area contributed by atoms with Gasteiger partial charge in [-0.05, 0) is 6.07 Å². The summed E-state index contributed by atoms with van der Waals surface area (Å²) in [5.41, 5.74) is 0.858. The largest absolute Gasteiger partial charge is 0.354 e. The zero-order valence-electron chi connectivity index (χ0n) is 5.52. The van der Waals surface area contributed by atoms with Crippen molar-refractivity contribution < 1.29 is 9.32 Å². The summed E-state index contributed by atoms with van der Waals surface area (Å²) in [4.78, 5) is 14.1. The standard InChI is InChI=1S/C7H4N2O2/c10-4-6-5-1-2-8-3-7(5)11-9-6/h1-4H. The summed E-state index contributed by atoms with van der Waals surface area (Å²) in [6, 6.07) is 1.69. The Labute approximate surface area is 61.8 Å². The second-order valence-corrected chi connectivity index (χ2v) is 2.06. The summed E-state index contributed by atoms with van der Waals surface area (Å²) in [6.45, 7) is 0. The Morgan fingerprint density at radius 1 is 1.55 bits per heavy atom. The zero-order valence-corrected chi connectivity index (χ0v) is 5.52. The molecule has 2 rings (SSSR count). The van der Waals surface area contributed by atoms with Crippen LogP contribution in [0, 0.1) is 0 Å². The highest BCUT2D eigenvalue weighted by Crippen LogP contribution is 2.13. The molecule has 0 aliphatic rings. The van der Waals surface area contributed by atoms with Crippen molar-refractivity contribution in [3.05, 3.63) is 24.2 Å². The Bertz CT molecular complexity index is 394. The fourth-order valence-electron chi connectivity index (χ4n) is 0.897. The molecule has 0 saturated carbocycles. The Balaban J connectivity index is 2.86. The van der Waals surface area contributed by atoms with Crippen LogP contribution in [0.4, 0.5) is 0 Å². The van der Waals surface area contributed by atoms with E-state index in [0.29, 0.717) is 22.9 Å². The molecule has 0 amide bonds. The van der Waals surface area contributed by atoms with Crippen molar-refractivity contribution in [2.75, 3.05) is 0 Å². The fraction of sp³-hybridized carbons (Fsp3) is 0. The maximum absolute atomic E-state index is 10.3. The maximum Gasteiger partial charge on any atom is 0.185 e. The lowest BCUT2D eigenvalue weighted by molar-refractivity contribution is 0.111. The summed E-state index contributed by atoms with van der Waals surface area (Å²) >= 11 is 0. The minimum atomic E-state index is 0.322. The van der Waals surface area contributed by atoms with Gasteiger partial charge in [0.1, 0.15) is 0 Å². The summed E-state index contributed by atoms with van der Waals surface area (Å²) < 4.78 is 4.80. The van der Waals surface area contributed by atoms with Gasteiger partial charge in [-0.15, -0.1) is 0 Å². The van der Waals surface area contributed by atoms with E-state index in [4.69, 9.17) is 4.52 Å². The van der Waals surface area contributed by atoms with Crippen LogP contribution in [-0.4, -0.2) is 16.4 Å². The van der Waals surface area contributed by atoms with Crippen molar-refractivity contribution in [2.24, 2.45) is 0 Å². The summed E-state index contributed by atoms with van der Waals surface area (Å²) in [5, 5.41) is 4.23. The van der Waals surface area contributed by atoms with E-state index in [2.05, 4.69) is 10.1 Å². The van der Waals surface area contributed by atoms with Crippen LogP contribution in [0.5, 0.6) is 0 Å². The molecular weight excluding hydrogens is 144 g/mol. The first-order valence-corrected chi connectivity index (χ1v) is 3.06. The summed E-state index contributed by atoms with van der Waals surface area (Å²) in [6.07, 6.45) is 3.77. The van der Waals surface area contributed by atoms with Crippen LogP contribution < -0.4 is 0 Å². The van der Waals surface area contributed by atoms with E-state index in [9.17, 15) is 4.79 Å². The van der Waals surface area contributed by atoms with E-state index in [1.165, 1.54) is 6.20 Å². The van der Waals surface area contributed by atoms with Crippen LogP contribution in [0.3, 0.4) is 0 Å². The molecule has 0 fully saturated rings. The van der Waals surface area contributed by atoms with Crippen LogP contribution in [0.2, 0.25) is 0 Å². The molecule has 4 heteroatoms. The van der Waals surface area contributed by atoms with Gasteiger partial charge in [0.2, 0.25) is 0 Å². The van der Waals surface area contributed by atoms with E-state index in [0.717, 1.165) is 0 Å². The third-order valence-corrected chi connectivity index (χ3v) is 1.41. The van der Waals surface area contributed by atoms with E-state index in [1.807, 2.05) is 0 Å². The summed E-state index contributed by atoms with van der Waals surface area (Å²) in [7, 11) is 0. The molecular formula is C7H4N2O2. The highest BCUT2D eigenvalue weighted by molar-refractivity contribution is 5.92. The Morgan fingerprint density at radius 2 is 2.45 bits per heavy atom. The molecule has 0 unspecified atom stereocenters. The lowest BCUT2D eigenvalue weighted by atomic mass is 10.3. The lowest BCUT2D eigenvalue weighted by Gasteiger charge is -1.81. The van der Waals surface area contributed by atoms with E-state index < -0.39 is 0 Å². The molecule has 0 bridgehead atoms. The van der Waals surface area contributed by atoms with Crippen LogP contribution in [0.25, 0.3) is 11.0 Å². The van der Waals surface area contributed by atoms with Crippen molar-refractivity contribution >= 4 is 17.3 Å². The maximum atomic E-state index is 10.3. The van der Waals surface area contributed by atoms with Crippen molar-refractivity contribution in [1.29, 1.82) is 0 Å². The monoisotopic (exact) mass is 148 g/mol. The van der Waals surface area contributed by atoms with Gasteiger partial charge in [-0.1, -0.05) is 5.16 Å². The van der Waals surface area contributed by atoms with Gasteiger partial charge >= 0.3 is 0 Å². The molecule has 4 nitrogen and oxygen atoms in total. The zero-order chi connectivity index (χ0) is 7.68. The number of rotatable bonds is 1. The van der Waals surface area contributed by atoms with Gasteiger partial charge in [-0.25, -0.2) is 0 Å². The van der Waals surface area contributed by atoms with Gasteiger partial charge in [-0.2, -0.15) is 0 Å². The van der Waals surface area contributed by atoms with E-state index in [1.54, 1.807) is 12.3 Å². The van der Waals surface area contributed by atoms with Crippen molar-refractivity contribution in [3.8, 4) is 0 Å². The van der Waals surface area contributed by atoms with Crippen molar-refractivity contribution in [1.82, 2.24) is 10.1 Å². The normalized spacial score (nSPS) is 10.2. The van der Waals surface area contributed by atoms with Crippen LogP contribution in [0.15, 0.2) is 23.0 Å². The summed E-state index contributed by atoms with van der Waals surface area (Å²) in [5.74, 6) is 0. The average Bonchev–Trinajstić information content (AvgIpc) is 2.47. The molecule has 2 aromatic rings. The third kappa shape index (κ3) is 0.797. The van der Waals surface area contributed by atoms with E-state index >= 15 is 0 Å².